The van der Waals surface area contributed by atoms with Crippen molar-refractivity contribution in [2.75, 3.05) is 41.7 Å². The zero-order chi connectivity index (χ0) is 44.3. The Morgan fingerprint density at radius 3 is 2.18 bits per heavy atom. The van der Waals surface area contributed by atoms with E-state index in [0.717, 1.165) is 22.6 Å². The smallest absolute Gasteiger partial charge is 0.413 e. The second kappa shape index (κ2) is 17.8. The second-order valence-corrected chi connectivity index (χ2v) is 19.1. The predicted molar refractivity (Wildman–Crippen MR) is 238 cm³/mol. The van der Waals surface area contributed by atoms with Crippen LogP contribution in [0.25, 0.3) is 23.4 Å². The van der Waals surface area contributed by atoms with E-state index < -0.39 is 34.7 Å². The molecule has 3 amide bonds. The van der Waals surface area contributed by atoms with Gasteiger partial charge in [-0.1, -0.05) is 32.1 Å². The second-order valence-electron chi connectivity index (χ2n) is 17.2. The number of pyridine rings is 2. The molecule has 0 saturated carbocycles. The molecule has 2 N–H and O–H groups in total. The van der Waals surface area contributed by atoms with Gasteiger partial charge in [-0.05, 0) is 83.5 Å². The number of ether oxygens (including phenoxy) is 2. The minimum Gasteiger partial charge on any atom is -0.457 e. The molecule has 5 aromatic heterocycles. The van der Waals surface area contributed by atoms with Crippen LogP contribution in [-0.4, -0.2) is 90.5 Å². The lowest BCUT2D eigenvalue weighted by Gasteiger charge is -2.36. The van der Waals surface area contributed by atoms with Crippen molar-refractivity contribution in [2.24, 2.45) is 0 Å². The van der Waals surface area contributed by atoms with Crippen molar-refractivity contribution in [3.63, 3.8) is 0 Å². The number of carbonyl (C=O) groups excluding carboxylic acids is 4. The maximum absolute atomic E-state index is 14.4. The van der Waals surface area contributed by atoms with Gasteiger partial charge in [-0.25, -0.2) is 24.5 Å². The number of amides is 3. The van der Waals surface area contributed by atoms with Gasteiger partial charge in [-0.15, -0.1) is 11.3 Å². The van der Waals surface area contributed by atoms with Crippen LogP contribution in [0.3, 0.4) is 0 Å². The molecule has 16 nitrogen and oxygen atoms in total. The number of thiazole rings is 2. The number of anilines is 3. The lowest BCUT2D eigenvalue weighted by atomic mass is 9.93. The number of fused-ring (bicyclic) bond motifs is 1. The van der Waals surface area contributed by atoms with Crippen molar-refractivity contribution in [3.8, 4) is 0 Å². The number of hydrogen-bond donors (Lipinski definition) is 2. The molecule has 6 rings (SSSR count). The molecular formula is C43H49N9O7S2. The highest BCUT2D eigenvalue weighted by atomic mass is 32.1. The Labute approximate surface area is 361 Å². The first kappa shape index (κ1) is 44.3. The van der Waals surface area contributed by atoms with Crippen molar-refractivity contribution >= 4 is 86.0 Å². The molecule has 61 heavy (non-hydrogen) atoms. The lowest BCUT2D eigenvalue weighted by molar-refractivity contribution is -0.148. The van der Waals surface area contributed by atoms with Crippen LogP contribution in [0, 0.1) is 0 Å². The molecule has 0 radical (unpaired) electrons. The van der Waals surface area contributed by atoms with Crippen molar-refractivity contribution < 1.29 is 28.7 Å². The molecule has 0 aromatic carbocycles. The fourth-order valence-electron chi connectivity index (χ4n) is 6.00. The summed E-state index contributed by atoms with van der Waals surface area (Å²) in [6.07, 6.45) is 9.92. The lowest BCUT2D eigenvalue weighted by Crippen LogP contribution is -2.49. The number of piperazine rings is 1. The normalized spacial score (nSPS) is 14.0. The van der Waals surface area contributed by atoms with Gasteiger partial charge in [0.15, 0.2) is 10.3 Å². The summed E-state index contributed by atoms with van der Waals surface area (Å²) in [5.74, 6) is -1.05. The third-order valence-corrected chi connectivity index (χ3v) is 10.6. The number of carbonyl (C=O) groups is 4. The Bertz CT molecular complexity index is 2570. The largest absolute Gasteiger partial charge is 0.457 e. The van der Waals surface area contributed by atoms with Crippen LogP contribution in [0.2, 0.25) is 0 Å². The van der Waals surface area contributed by atoms with Gasteiger partial charge in [0.2, 0.25) is 0 Å². The van der Waals surface area contributed by atoms with Gasteiger partial charge in [-0.3, -0.25) is 34.4 Å². The SMILES string of the molecule is CC(C)(C)OC(=O)/C=C/c1c(N2CCN(C(=O)/C(=C\c3ccncc3)c3cnc(NC(=O)OC(C)(C)C)s3)CC2)nc2cc(C(=O)Nc3nc(C(C)(C)C)cs3)ccn2c1=O. The number of hydrogen-bond acceptors (Lipinski definition) is 14. The third kappa shape index (κ3) is 11.5. The summed E-state index contributed by atoms with van der Waals surface area (Å²) >= 11 is 2.46. The minimum atomic E-state index is -0.756. The topological polar surface area (TPSA) is 190 Å². The van der Waals surface area contributed by atoms with Crippen LogP contribution < -0.4 is 21.1 Å². The number of aromatic nitrogens is 5. The van der Waals surface area contributed by atoms with Crippen LogP contribution in [0.5, 0.6) is 0 Å². The number of nitrogens with one attached hydrogen (secondary N) is 2. The van der Waals surface area contributed by atoms with Gasteiger partial charge < -0.3 is 19.3 Å². The predicted octanol–water partition coefficient (Wildman–Crippen LogP) is 7.14. The van der Waals surface area contributed by atoms with E-state index in [1.54, 1.807) is 77.0 Å². The molecule has 0 atom stereocenters. The maximum Gasteiger partial charge on any atom is 0.413 e. The Kier molecular flexibility index (Phi) is 12.9. The van der Waals surface area contributed by atoms with Gasteiger partial charge in [0.1, 0.15) is 22.7 Å². The molecule has 18 heteroatoms. The zero-order valence-corrected chi connectivity index (χ0v) is 37.2. The molecule has 320 valence electrons. The summed E-state index contributed by atoms with van der Waals surface area (Å²) in [7, 11) is 0. The van der Waals surface area contributed by atoms with Gasteiger partial charge in [-0.2, -0.15) is 0 Å². The summed E-state index contributed by atoms with van der Waals surface area (Å²) in [4.78, 5) is 89.1. The average molecular weight is 868 g/mol. The van der Waals surface area contributed by atoms with Gasteiger partial charge >= 0.3 is 12.1 Å². The van der Waals surface area contributed by atoms with E-state index >= 15 is 0 Å². The first-order chi connectivity index (χ1) is 28.6. The van der Waals surface area contributed by atoms with Crippen molar-refractivity contribution in [2.45, 2.75) is 78.9 Å². The summed E-state index contributed by atoms with van der Waals surface area (Å²) in [6, 6.07) is 6.60. The van der Waals surface area contributed by atoms with Crippen molar-refractivity contribution in [3.05, 3.63) is 98.1 Å². The number of nitrogens with zero attached hydrogens (tertiary/aromatic N) is 7. The Hall–Kier alpha value is -6.27. The number of rotatable bonds is 9. The molecule has 0 unspecified atom stereocenters. The minimum absolute atomic E-state index is 0.130. The van der Waals surface area contributed by atoms with Crippen LogP contribution >= 0.6 is 22.7 Å². The number of esters is 1. The summed E-state index contributed by atoms with van der Waals surface area (Å²) in [5.41, 5.74) is 0.424. The van der Waals surface area contributed by atoms with Crippen LogP contribution in [0.1, 0.15) is 94.4 Å². The molecule has 0 aliphatic carbocycles. The van der Waals surface area contributed by atoms with E-state index in [-0.39, 0.29) is 65.2 Å². The first-order valence-corrected chi connectivity index (χ1v) is 21.2. The van der Waals surface area contributed by atoms with Crippen LogP contribution in [-0.2, 0) is 24.5 Å². The zero-order valence-electron chi connectivity index (χ0n) is 35.6. The average Bonchev–Trinajstić information content (AvgIpc) is 3.85. The highest BCUT2D eigenvalue weighted by Gasteiger charge is 2.29. The monoisotopic (exact) mass is 867 g/mol. The molecular weight excluding hydrogens is 819 g/mol. The van der Waals surface area contributed by atoms with E-state index in [4.69, 9.17) is 14.5 Å². The fraction of sp³-hybridized carbons (Fsp3) is 0.372. The van der Waals surface area contributed by atoms with Gasteiger partial charge in [0.05, 0.1) is 21.7 Å². The summed E-state index contributed by atoms with van der Waals surface area (Å²) < 4.78 is 12.1. The van der Waals surface area contributed by atoms with Crippen molar-refractivity contribution in [1.82, 2.24) is 29.2 Å². The molecule has 1 saturated heterocycles. The molecule has 1 fully saturated rings. The van der Waals surface area contributed by atoms with E-state index in [2.05, 4.69) is 25.6 Å². The Balaban J connectivity index is 1.28. The molecule has 1 aliphatic heterocycles. The fourth-order valence-corrected chi connectivity index (χ4v) is 7.75. The van der Waals surface area contributed by atoms with Gasteiger partial charge in [0.25, 0.3) is 17.4 Å². The van der Waals surface area contributed by atoms with Crippen LogP contribution in [0.15, 0.2) is 65.3 Å². The molecule has 0 bridgehead atoms. The quantitative estimate of drug-likeness (QED) is 0.113. The van der Waals surface area contributed by atoms with E-state index in [1.165, 1.54) is 52.4 Å². The third-order valence-electron chi connectivity index (χ3n) is 8.89. The Morgan fingerprint density at radius 1 is 0.852 bits per heavy atom. The van der Waals surface area contributed by atoms with E-state index in [9.17, 15) is 24.0 Å². The molecule has 6 heterocycles. The Morgan fingerprint density at radius 2 is 1.54 bits per heavy atom. The molecule has 1 aliphatic rings. The molecule has 5 aromatic rings. The van der Waals surface area contributed by atoms with Crippen LogP contribution in [0.4, 0.5) is 20.9 Å². The van der Waals surface area contributed by atoms with Crippen molar-refractivity contribution in [1.29, 1.82) is 0 Å². The summed E-state index contributed by atoms with van der Waals surface area (Å²) in [6.45, 7) is 17.7. The highest BCUT2D eigenvalue weighted by Crippen LogP contribution is 2.31. The van der Waals surface area contributed by atoms with E-state index in [1.807, 2.05) is 31.1 Å². The maximum atomic E-state index is 14.4. The first-order valence-electron chi connectivity index (χ1n) is 19.5. The summed E-state index contributed by atoms with van der Waals surface area (Å²) in [5, 5.41) is 8.11. The highest BCUT2D eigenvalue weighted by molar-refractivity contribution is 7.17. The van der Waals surface area contributed by atoms with Gasteiger partial charge in [0, 0.05) is 73.4 Å². The standard InChI is InChI=1S/C43H49N9O7S2/c1-41(2,3)31-25-60-39(46-31)48-35(54)27-14-17-52-32(23-27)47-34(28(37(52)56)10-11-33(53)58-42(4,5)6)50-18-20-51(21-19-50)36(55)29(22-26-12-15-44-16-13-26)30-24-45-38(61-30)49-40(57)59-43(7,8)9/h10-17,22-25H,18-21H2,1-9H3,(H,45,49,57)(H,46,48,54)/b11-10+,29-22-. The molecule has 0 spiro atoms. The van der Waals surface area contributed by atoms with E-state index in [0.29, 0.717) is 15.6 Å².